The van der Waals surface area contributed by atoms with Crippen LogP contribution in [0.2, 0.25) is 5.28 Å². The maximum atomic E-state index is 8.98. The molecular formula is C27H16ClN3. The predicted molar refractivity (Wildman–Crippen MR) is 128 cm³/mol. The average Bonchev–Trinajstić information content (AvgIpc) is 2.94. The van der Waals surface area contributed by atoms with Gasteiger partial charge < -0.3 is 0 Å². The summed E-state index contributed by atoms with van der Waals surface area (Å²) in [6.07, 6.45) is 0. The average molecular weight is 427 g/mol. The first-order valence-corrected chi connectivity index (χ1v) is 9.73. The highest BCUT2D eigenvalue weighted by molar-refractivity contribution is 6.28. The van der Waals surface area contributed by atoms with E-state index in [4.69, 9.17) is 23.9 Å². The lowest BCUT2D eigenvalue weighted by atomic mass is 10.0. The maximum absolute atomic E-state index is 8.98. The van der Waals surface area contributed by atoms with Crippen molar-refractivity contribution in [3.05, 3.63) is 102 Å². The van der Waals surface area contributed by atoms with E-state index in [0.717, 1.165) is 10.8 Å². The van der Waals surface area contributed by atoms with E-state index in [0.29, 0.717) is 5.56 Å². The zero-order valence-electron chi connectivity index (χ0n) is 24.8. The van der Waals surface area contributed by atoms with Crippen molar-refractivity contribution < 1.29 is 12.3 Å². The number of nitrogens with zero attached hydrogens (tertiary/aromatic N) is 3. The molecule has 3 nitrogen and oxygen atoms in total. The molecule has 0 fully saturated rings. The zero-order valence-corrected chi connectivity index (χ0v) is 16.5. The second kappa shape index (κ2) is 7.15. The molecule has 6 rings (SSSR count). The van der Waals surface area contributed by atoms with Crippen molar-refractivity contribution in [2.24, 2.45) is 0 Å². The van der Waals surface area contributed by atoms with Crippen molar-refractivity contribution in [2.45, 2.75) is 0 Å². The van der Waals surface area contributed by atoms with Gasteiger partial charge >= 0.3 is 0 Å². The second-order valence-electron chi connectivity index (χ2n) is 6.78. The second-order valence-corrected chi connectivity index (χ2v) is 7.12. The lowest BCUT2D eigenvalue weighted by Crippen LogP contribution is -1.97. The summed E-state index contributed by atoms with van der Waals surface area (Å²) in [6.45, 7) is 0. The first kappa shape index (κ1) is 11.0. The Balaban J connectivity index is 1.72. The first-order valence-electron chi connectivity index (χ1n) is 13.9. The molecule has 31 heavy (non-hydrogen) atoms. The minimum atomic E-state index is -0.580. The Kier molecular flexibility index (Phi) is 2.53. The number of rotatable bonds is 2. The van der Waals surface area contributed by atoms with Gasteiger partial charge in [0.1, 0.15) is 0 Å². The van der Waals surface area contributed by atoms with Crippen molar-refractivity contribution in [3.63, 3.8) is 0 Å². The summed E-state index contributed by atoms with van der Waals surface area (Å²) in [5, 5.41) is 0.604. The van der Waals surface area contributed by atoms with Crippen LogP contribution >= 0.6 is 11.6 Å². The van der Waals surface area contributed by atoms with Crippen molar-refractivity contribution in [1.82, 2.24) is 15.0 Å². The van der Waals surface area contributed by atoms with E-state index < -0.39 is 54.4 Å². The Morgan fingerprint density at radius 2 is 1.32 bits per heavy atom. The molecule has 0 saturated carbocycles. The topological polar surface area (TPSA) is 38.7 Å². The summed E-state index contributed by atoms with van der Waals surface area (Å²) in [5.41, 5.74) is 0.418. The highest BCUT2D eigenvalue weighted by atomic mass is 35.5. The Morgan fingerprint density at radius 3 is 2.19 bits per heavy atom. The van der Waals surface area contributed by atoms with E-state index in [9.17, 15) is 0 Å². The van der Waals surface area contributed by atoms with Gasteiger partial charge in [0.2, 0.25) is 5.28 Å². The van der Waals surface area contributed by atoms with E-state index in [1.165, 1.54) is 0 Å². The zero-order chi connectivity index (χ0) is 28.6. The van der Waals surface area contributed by atoms with E-state index in [1.54, 1.807) is 6.07 Å². The van der Waals surface area contributed by atoms with E-state index in [2.05, 4.69) is 15.0 Å². The van der Waals surface area contributed by atoms with Crippen molar-refractivity contribution in [1.29, 1.82) is 0 Å². The largest absolute Gasteiger partial charge is 0.226 e. The van der Waals surface area contributed by atoms with Crippen LogP contribution in [0.4, 0.5) is 0 Å². The van der Waals surface area contributed by atoms with Crippen LogP contribution < -0.4 is 0 Å². The lowest BCUT2D eigenvalue weighted by molar-refractivity contribution is 1.07. The molecule has 0 spiro atoms. The Bertz CT molecular complexity index is 2080. The molecule has 4 heteroatoms. The number of aromatic nitrogens is 3. The van der Waals surface area contributed by atoms with Crippen molar-refractivity contribution in [3.8, 4) is 22.8 Å². The Morgan fingerprint density at radius 1 is 0.613 bits per heavy atom. The molecule has 0 saturated heterocycles. The van der Waals surface area contributed by atoms with Crippen LogP contribution in [0.3, 0.4) is 0 Å². The Labute approximate surface area is 196 Å². The van der Waals surface area contributed by atoms with Gasteiger partial charge in [-0.2, -0.15) is 9.97 Å². The molecule has 0 aliphatic rings. The quantitative estimate of drug-likeness (QED) is 0.272. The number of benzene rings is 5. The third-order valence-corrected chi connectivity index (χ3v) is 5.03. The molecule has 6 aromatic rings. The van der Waals surface area contributed by atoms with Gasteiger partial charge in [0.15, 0.2) is 11.6 Å². The normalized spacial score (nSPS) is 15.5. The van der Waals surface area contributed by atoms with Gasteiger partial charge in [0.05, 0.1) is 12.3 Å². The fourth-order valence-corrected chi connectivity index (χ4v) is 3.62. The van der Waals surface area contributed by atoms with Crippen LogP contribution in [0.1, 0.15) is 12.3 Å². The van der Waals surface area contributed by atoms with Crippen LogP contribution in [-0.4, -0.2) is 15.0 Å². The summed E-state index contributed by atoms with van der Waals surface area (Å²) in [4.78, 5) is 12.9. The number of fused-ring (bicyclic) bond motifs is 3. The molecule has 5 aromatic carbocycles. The lowest BCUT2D eigenvalue weighted by Gasteiger charge is -2.09. The third-order valence-electron chi connectivity index (χ3n) is 4.86. The highest BCUT2D eigenvalue weighted by Gasteiger charge is 2.12. The van der Waals surface area contributed by atoms with Crippen molar-refractivity contribution >= 4 is 43.9 Å². The number of hydrogen-bond acceptors (Lipinski definition) is 3. The van der Waals surface area contributed by atoms with Gasteiger partial charge in [-0.1, -0.05) is 78.7 Å². The minimum Gasteiger partial charge on any atom is -0.208 e. The number of halogens is 1. The first-order chi connectivity index (χ1) is 19.0. The minimum absolute atomic E-state index is 0.172. The fourth-order valence-electron chi connectivity index (χ4n) is 3.46. The molecule has 0 bridgehead atoms. The maximum Gasteiger partial charge on any atom is 0.226 e. The third kappa shape index (κ3) is 3.20. The van der Waals surface area contributed by atoms with E-state index >= 15 is 0 Å². The van der Waals surface area contributed by atoms with Gasteiger partial charge in [-0.25, -0.2) is 4.98 Å². The molecule has 0 amide bonds. The standard InChI is InChI=1S/C27H16ClN3/c28-27-30-25(29-26(31-27)24-11-5-9-17-6-3-4-10-23(17)24)21-13-12-20-14-18-7-1-2-8-19(18)15-22(20)16-21/h1-16H/i1D,2D,7D,8D,12D,13D,14D,15D,16D. The van der Waals surface area contributed by atoms with Crippen LogP contribution in [0, 0.1) is 0 Å². The molecule has 0 atom stereocenters. The molecule has 0 radical (unpaired) electrons. The summed E-state index contributed by atoms with van der Waals surface area (Å²) in [6, 6.07) is 8.57. The monoisotopic (exact) mass is 426 g/mol. The molecule has 0 aliphatic heterocycles. The number of hydrogen-bond donors (Lipinski definition) is 0. The van der Waals surface area contributed by atoms with Gasteiger partial charge in [-0.3, -0.25) is 0 Å². The van der Waals surface area contributed by atoms with Gasteiger partial charge in [0, 0.05) is 11.1 Å². The van der Waals surface area contributed by atoms with Gasteiger partial charge in [-0.15, -0.1) is 0 Å². The molecule has 0 N–H and O–H groups in total. The molecule has 0 aliphatic carbocycles. The summed E-state index contributed by atoms with van der Waals surface area (Å²) >= 11 is 6.29. The van der Waals surface area contributed by atoms with Gasteiger partial charge in [-0.05, 0) is 62.0 Å². The van der Waals surface area contributed by atoms with Gasteiger partial charge in [0.25, 0.3) is 0 Å². The van der Waals surface area contributed by atoms with E-state index in [1.807, 2.05) is 36.4 Å². The molecule has 1 heterocycles. The fraction of sp³-hybridized carbons (Fsp3) is 0. The predicted octanol–water partition coefficient (Wildman–Crippen LogP) is 7.32. The Hall–Kier alpha value is -3.82. The SMILES string of the molecule is [2H]c1c([2H])c([2H])c2c([2H])c3c([2H])c(-c4nc(Cl)nc(-c5cccc6ccccc56)n4)c([2H])c([2H])c3c([2H])c2c1[2H]. The summed E-state index contributed by atoms with van der Waals surface area (Å²) in [5.74, 6) is 0.00598. The van der Waals surface area contributed by atoms with Crippen molar-refractivity contribution in [2.75, 3.05) is 0 Å². The van der Waals surface area contributed by atoms with Crippen LogP contribution in [0.25, 0.3) is 55.1 Å². The summed E-state index contributed by atoms with van der Waals surface area (Å²) in [7, 11) is 0. The summed E-state index contributed by atoms with van der Waals surface area (Å²) < 4.78 is 76.7. The van der Waals surface area contributed by atoms with Crippen LogP contribution in [0.5, 0.6) is 0 Å². The molecule has 0 unspecified atom stereocenters. The molecule has 146 valence electrons. The smallest absolute Gasteiger partial charge is 0.208 e. The van der Waals surface area contributed by atoms with Crippen LogP contribution in [-0.2, 0) is 0 Å². The molecular weight excluding hydrogens is 402 g/mol. The highest BCUT2D eigenvalue weighted by Crippen LogP contribution is 2.30. The van der Waals surface area contributed by atoms with E-state index in [-0.39, 0.29) is 44.0 Å². The van der Waals surface area contributed by atoms with Crippen LogP contribution in [0.15, 0.2) is 96.8 Å². The molecule has 1 aromatic heterocycles.